The van der Waals surface area contributed by atoms with Crippen LogP contribution in [0, 0.1) is 21.7 Å². The van der Waals surface area contributed by atoms with Gasteiger partial charge in [-0.2, -0.15) is 0 Å². The molecule has 4 nitrogen and oxygen atoms in total. The number of nitrogens with zero attached hydrogens (tertiary/aromatic N) is 1. The minimum Gasteiger partial charge on any atom is -0.319 e. The molecular weight excluding hydrogens is 206 g/mol. The largest absolute Gasteiger partial charge is 0.319 e. The second kappa shape index (κ2) is 4.79. The van der Waals surface area contributed by atoms with Crippen molar-refractivity contribution in [1.82, 2.24) is 5.32 Å². The molecule has 0 bridgehead atoms. The molecule has 0 saturated heterocycles. The SMILES string of the molecule is CNCCc1cc(F)c(F)cc1[N+](=O)[O-]. The molecule has 1 rings (SSSR count). The first-order chi connectivity index (χ1) is 7.06. The first-order valence-electron chi connectivity index (χ1n) is 4.33. The first kappa shape index (κ1) is 11.5. The number of likely N-dealkylation sites (N-methyl/N-ethyl adjacent to an activating group) is 1. The van der Waals surface area contributed by atoms with Crippen molar-refractivity contribution in [1.29, 1.82) is 0 Å². The van der Waals surface area contributed by atoms with Gasteiger partial charge in [0, 0.05) is 5.56 Å². The van der Waals surface area contributed by atoms with Crippen LogP contribution < -0.4 is 5.32 Å². The predicted molar refractivity (Wildman–Crippen MR) is 50.6 cm³/mol. The van der Waals surface area contributed by atoms with Crippen molar-refractivity contribution in [3.8, 4) is 0 Å². The molecule has 0 aromatic heterocycles. The maximum atomic E-state index is 12.8. The van der Waals surface area contributed by atoms with Crippen molar-refractivity contribution in [3.05, 3.63) is 39.4 Å². The maximum absolute atomic E-state index is 12.8. The van der Waals surface area contributed by atoms with E-state index < -0.39 is 16.6 Å². The Kier molecular flexibility index (Phi) is 3.68. The molecule has 82 valence electrons. The van der Waals surface area contributed by atoms with Gasteiger partial charge in [-0.25, -0.2) is 8.78 Å². The smallest absolute Gasteiger partial charge is 0.275 e. The van der Waals surface area contributed by atoms with Gasteiger partial charge in [-0.05, 0) is 26.1 Å². The van der Waals surface area contributed by atoms with E-state index in [2.05, 4.69) is 5.32 Å². The Morgan fingerprint density at radius 1 is 1.40 bits per heavy atom. The molecule has 6 heteroatoms. The molecule has 0 unspecified atom stereocenters. The number of hydrogen-bond donors (Lipinski definition) is 1. The van der Waals surface area contributed by atoms with E-state index in [1.165, 1.54) is 0 Å². The van der Waals surface area contributed by atoms with Gasteiger partial charge in [0.25, 0.3) is 5.69 Å². The fourth-order valence-electron chi connectivity index (χ4n) is 1.21. The van der Waals surface area contributed by atoms with Gasteiger partial charge in [0.05, 0.1) is 11.0 Å². The Morgan fingerprint density at radius 3 is 2.53 bits per heavy atom. The van der Waals surface area contributed by atoms with Crippen molar-refractivity contribution in [2.75, 3.05) is 13.6 Å². The third kappa shape index (κ3) is 2.69. The van der Waals surface area contributed by atoms with E-state index in [0.29, 0.717) is 12.6 Å². The van der Waals surface area contributed by atoms with Crippen molar-refractivity contribution in [2.24, 2.45) is 0 Å². The van der Waals surface area contributed by atoms with Crippen molar-refractivity contribution in [3.63, 3.8) is 0 Å². The van der Waals surface area contributed by atoms with E-state index in [0.717, 1.165) is 6.07 Å². The highest BCUT2D eigenvalue weighted by molar-refractivity contribution is 5.41. The monoisotopic (exact) mass is 216 g/mol. The highest BCUT2D eigenvalue weighted by Gasteiger charge is 2.17. The Morgan fingerprint density at radius 2 is 2.00 bits per heavy atom. The van der Waals surface area contributed by atoms with Crippen LogP contribution in [0.1, 0.15) is 5.56 Å². The van der Waals surface area contributed by atoms with Gasteiger partial charge >= 0.3 is 0 Å². The molecular formula is C9H10F2N2O2. The second-order valence-corrected chi connectivity index (χ2v) is 3.01. The fourth-order valence-corrected chi connectivity index (χ4v) is 1.21. The van der Waals surface area contributed by atoms with Crippen LogP contribution in [-0.2, 0) is 6.42 Å². The van der Waals surface area contributed by atoms with E-state index >= 15 is 0 Å². The molecule has 1 aromatic carbocycles. The molecule has 0 aliphatic rings. The van der Waals surface area contributed by atoms with Crippen molar-refractivity contribution in [2.45, 2.75) is 6.42 Å². The zero-order valence-electron chi connectivity index (χ0n) is 8.09. The number of nitro benzene ring substituents is 1. The molecule has 0 fully saturated rings. The van der Waals surface area contributed by atoms with E-state index in [-0.39, 0.29) is 17.7 Å². The van der Waals surface area contributed by atoms with Crippen molar-refractivity contribution < 1.29 is 13.7 Å². The van der Waals surface area contributed by atoms with E-state index in [4.69, 9.17) is 0 Å². The summed E-state index contributed by atoms with van der Waals surface area (Å²) in [6.07, 6.45) is 0.282. The summed E-state index contributed by atoms with van der Waals surface area (Å²) < 4.78 is 25.6. The lowest BCUT2D eigenvalue weighted by atomic mass is 10.1. The van der Waals surface area contributed by atoms with Crippen LogP contribution in [0.5, 0.6) is 0 Å². The number of nitro groups is 1. The molecule has 0 radical (unpaired) electrons. The topological polar surface area (TPSA) is 55.2 Å². The van der Waals surface area contributed by atoms with Crippen molar-refractivity contribution >= 4 is 5.69 Å². The summed E-state index contributed by atoms with van der Waals surface area (Å²) in [5.41, 5.74) is -0.197. The molecule has 0 saturated carbocycles. The summed E-state index contributed by atoms with van der Waals surface area (Å²) in [6.45, 7) is 0.464. The van der Waals surface area contributed by atoms with Crippen LogP contribution in [0.4, 0.5) is 14.5 Å². The molecule has 0 aliphatic heterocycles. The van der Waals surface area contributed by atoms with Gasteiger partial charge < -0.3 is 5.32 Å². The highest BCUT2D eigenvalue weighted by Crippen LogP contribution is 2.22. The highest BCUT2D eigenvalue weighted by atomic mass is 19.2. The molecule has 1 N–H and O–H groups in total. The predicted octanol–water partition coefficient (Wildman–Crippen LogP) is 1.63. The molecule has 1 aromatic rings. The summed E-state index contributed by atoms with van der Waals surface area (Å²) in [5.74, 6) is -2.26. The van der Waals surface area contributed by atoms with Crippen LogP contribution in [0.3, 0.4) is 0 Å². The number of halogens is 2. The minimum atomic E-state index is -1.20. The standard InChI is InChI=1S/C9H10F2N2O2/c1-12-3-2-6-4-7(10)8(11)5-9(6)13(14)15/h4-5,12H,2-3H2,1H3. The van der Waals surface area contributed by atoms with Gasteiger partial charge in [-0.1, -0.05) is 0 Å². The first-order valence-corrected chi connectivity index (χ1v) is 4.33. The van der Waals surface area contributed by atoms with Crippen LogP contribution in [0.2, 0.25) is 0 Å². The van der Waals surface area contributed by atoms with Crippen LogP contribution in [0.25, 0.3) is 0 Å². The summed E-state index contributed by atoms with van der Waals surface area (Å²) in [6, 6.07) is 1.48. The zero-order valence-corrected chi connectivity index (χ0v) is 8.09. The average molecular weight is 216 g/mol. The quantitative estimate of drug-likeness (QED) is 0.614. The number of rotatable bonds is 4. The van der Waals surface area contributed by atoms with Crippen LogP contribution >= 0.6 is 0 Å². The Labute approximate surface area is 85.1 Å². The number of benzene rings is 1. The third-order valence-corrected chi connectivity index (χ3v) is 1.96. The molecule has 15 heavy (non-hydrogen) atoms. The fraction of sp³-hybridized carbons (Fsp3) is 0.333. The van der Waals surface area contributed by atoms with E-state index in [9.17, 15) is 18.9 Å². The average Bonchev–Trinajstić information content (AvgIpc) is 2.19. The van der Waals surface area contributed by atoms with Gasteiger partial charge in [-0.15, -0.1) is 0 Å². The van der Waals surface area contributed by atoms with Gasteiger partial charge in [-0.3, -0.25) is 10.1 Å². The lowest BCUT2D eigenvalue weighted by molar-refractivity contribution is -0.385. The van der Waals surface area contributed by atoms with Gasteiger partial charge in [0.2, 0.25) is 0 Å². The molecule has 0 aliphatic carbocycles. The van der Waals surface area contributed by atoms with E-state index in [1.807, 2.05) is 0 Å². The number of hydrogen-bond acceptors (Lipinski definition) is 3. The maximum Gasteiger partial charge on any atom is 0.275 e. The summed E-state index contributed by atoms with van der Waals surface area (Å²) in [7, 11) is 1.67. The van der Waals surface area contributed by atoms with E-state index in [1.54, 1.807) is 7.05 Å². The lowest BCUT2D eigenvalue weighted by Crippen LogP contribution is -2.12. The third-order valence-electron chi connectivity index (χ3n) is 1.96. The summed E-state index contributed by atoms with van der Waals surface area (Å²) in [5, 5.41) is 13.3. The molecule has 0 atom stereocenters. The second-order valence-electron chi connectivity index (χ2n) is 3.01. The Bertz CT molecular complexity index is 383. The number of nitrogens with one attached hydrogen (secondary N) is 1. The molecule has 0 spiro atoms. The lowest BCUT2D eigenvalue weighted by Gasteiger charge is -2.03. The normalized spacial score (nSPS) is 10.3. The Hall–Kier alpha value is -1.56. The van der Waals surface area contributed by atoms with Gasteiger partial charge in [0.15, 0.2) is 11.6 Å². The molecule has 0 amide bonds. The zero-order chi connectivity index (χ0) is 11.4. The summed E-state index contributed by atoms with van der Waals surface area (Å²) >= 11 is 0. The summed E-state index contributed by atoms with van der Waals surface area (Å²) in [4.78, 5) is 9.83. The van der Waals surface area contributed by atoms with Gasteiger partial charge in [0.1, 0.15) is 0 Å². The minimum absolute atomic E-state index is 0.188. The Balaban J connectivity index is 3.10. The van der Waals surface area contributed by atoms with Crippen LogP contribution in [-0.4, -0.2) is 18.5 Å². The molecule has 0 heterocycles. The van der Waals surface area contributed by atoms with Crippen LogP contribution in [0.15, 0.2) is 12.1 Å².